The quantitative estimate of drug-likeness (QED) is 0.211. The van der Waals surface area contributed by atoms with Gasteiger partial charge in [0, 0.05) is 24.3 Å². The Bertz CT molecular complexity index is 999. The SMILES string of the molecule is O=CNNc1ccc(NCCC(=O)Nc2cccc(-n3[nH]nnc3=S)c2)cc1. The topological polar surface area (TPSA) is 129 Å². The molecular weight excluding hydrogens is 380 g/mol. The minimum absolute atomic E-state index is 0.121. The van der Waals surface area contributed by atoms with Crippen LogP contribution in [0.3, 0.4) is 0 Å². The molecule has 28 heavy (non-hydrogen) atoms. The van der Waals surface area contributed by atoms with E-state index in [1.54, 1.807) is 30.3 Å². The van der Waals surface area contributed by atoms with Crippen LogP contribution in [0.15, 0.2) is 48.5 Å². The first-order valence-corrected chi connectivity index (χ1v) is 8.76. The Morgan fingerprint density at radius 3 is 2.64 bits per heavy atom. The van der Waals surface area contributed by atoms with Crippen LogP contribution in [0.2, 0.25) is 0 Å². The lowest BCUT2D eigenvalue weighted by molar-refractivity contribution is -0.116. The third-order valence-corrected chi connectivity index (χ3v) is 3.97. The van der Waals surface area contributed by atoms with Crippen molar-refractivity contribution in [1.29, 1.82) is 0 Å². The molecular formula is C17H18N8O2S. The third-order valence-electron chi connectivity index (χ3n) is 3.70. The van der Waals surface area contributed by atoms with E-state index in [9.17, 15) is 9.59 Å². The van der Waals surface area contributed by atoms with Gasteiger partial charge in [0.25, 0.3) is 0 Å². The van der Waals surface area contributed by atoms with Gasteiger partial charge in [-0.1, -0.05) is 16.4 Å². The van der Waals surface area contributed by atoms with Gasteiger partial charge in [0.05, 0.1) is 11.4 Å². The smallest absolute Gasteiger partial charge is 0.242 e. The lowest BCUT2D eigenvalue weighted by Crippen LogP contribution is -2.18. The average molecular weight is 398 g/mol. The Morgan fingerprint density at radius 2 is 1.93 bits per heavy atom. The predicted octanol–water partition coefficient (Wildman–Crippen LogP) is 1.84. The molecule has 0 aliphatic heterocycles. The van der Waals surface area contributed by atoms with Crippen molar-refractivity contribution in [3.05, 3.63) is 53.3 Å². The fraction of sp³-hybridized carbons (Fsp3) is 0.118. The summed E-state index contributed by atoms with van der Waals surface area (Å²) in [6.07, 6.45) is 0.850. The molecule has 5 N–H and O–H groups in total. The Morgan fingerprint density at radius 1 is 1.14 bits per heavy atom. The van der Waals surface area contributed by atoms with Crippen LogP contribution in [0.1, 0.15) is 6.42 Å². The number of hydrazine groups is 1. The predicted molar refractivity (Wildman–Crippen MR) is 108 cm³/mol. The van der Waals surface area contributed by atoms with Crippen molar-refractivity contribution >= 4 is 41.6 Å². The number of aromatic nitrogens is 4. The second kappa shape index (κ2) is 9.28. The average Bonchev–Trinajstić information content (AvgIpc) is 3.13. The number of anilines is 3. The summed E-state index contributed by atoms with van der Waals surface area (Å²) in [5, 5.41) is 16.1. The van der Waals surface area contributed by atoms with Crippen LogP contribution in [-0.4, -0.2) is 39.1 Å². The number of carbonyl (C=O) groups is 2. The fourth-order valence-corrected chi connectivity index (χ4v) is 2.60. The maximum atomic E-state index is 12.2. The zero-order valence-electron chi connectivity index (χ0n) is 14.7. The summed E-state index contributed by atoms with van der Waals surface area (Å²) >= 11 is 5.07. The van der Waals surface area contributed by atoms with Crippen molar-refractivity contribution in [2.24, 2.45) is 0 Å². The van der Waals surface area contributed by atoms with Gasteiger partial charge < -0.3 is 10.6 Å². The van der Waals surface area contributed by atoms with Gasteiger partial charge in [-0.15, -0.1) is 0 Å². The molecule has 0 saturated heterocycles. The number of benzene rings is 2. The first-order chi connectivity index (χ1) is 13.7. The fourth-order valence-electron chi connectivity index (χ4n) is 2.42. The van der Waals surface area contributed by atoms with Gasteiger partial charge in [0.2, 0.25) is 17.1 Å². The highest BCUT2D eigenvalue weighted by molar-refractivity contribution is 7.71. The number of carbonyl (C=O) groups excluding carboxylic acids is 2. The van der Waals surface area contributed by atoms with Gasteiger partial charge in [-0.05, 0) is 54.7 Å². The van der Waals surface area contributed by atoms with E-state index in [1.807, 2.05) is 18.2 Å². The molecule has 11 heteroatoms. The van der Waals surface area contributed by atoms with E-state index in [1.165, 1.54) is 4.68 Å². The lowest BCUT2D eigenvalue weighted by atomic mass is 10.2. The molecule has 2 amide bonds. The van der Waals surface area contributed by atoms with Crippen LogP contribution in [0.4, 0.5) is 17.1 Å². The summed E-state index contributed by atoms with van der Waals surface area (Å²) in [4.78, 5) is 22.4. The standard InChI is InChI=1S/C17H18N8O2S/c26-11-19-21-13-6-4-12(5-7-13)18-9-8-16(27)20-14-2-1-3-15(10-14)25-17(28)22-23-24-25/h1-7,10-11,18,21H,8-9H2,(H,19,26)(H,20,27)(H,22,24,28). The number of aromatic amines is 1. The molecule has 0 spiro atoms. The van der Waals surface area contributed by atoms with E-state index in [-0.39, 0.29) is 5.91 Å². The number of rotatable bonds is 9. The van der Waals surface area contributed by atoms with Gasteiger partial charge in [-0.2, -0.15) is 5.21 Å². The number of hydrogen-bond acceptors (Lipinski definition) is 7. The van der Waals surface area contributed by atoms with Crippen molar-refractivity contribution in [2.75, 3.05) is 22.6 Å². The molecule has 0 saturated carbocycles. The molecule has 10 nitrogen and oxygen atoms in total. The molecule has 0 bridgehead atoms. The Hall–Kier alpha value is -3.73. The van der Waals surface area contributed by atoms with Crippen LogP contribution >= 0.6 is 12.2 Å². The van der Waals surface area contributed by atoms with E-state index in [0.717, 1.165) is 17.1 Å². The summed E-state index contributed by atoms with van der Waals surface area (Å²) in [7, 11) is 0. The van der Waals surface area contributed by atoms with Crippen molar-refractivity contribution in [3.63, 3.8) is 0 Å². The van der Waals surface area contributed by atoms with Gasteiger partial charge in [0.15, 0.2) is 0 Å². The summed E-state index contributed by atoms with van der Waals surface area (Å²) in [5.74, 6) is -0.121. The number of nitrogens with zero attached hydrogens (tertiary/aromatic N) is 3. The van der Waals surface area contributed by atoms with E-state index in [4.69, 9.17) is 12.2 Å². The van der Waals surface area contributed by atoms with E-state index < -0.39 is 0 Å². The van der Waals surface area contributed by atoms with Crippen LogP contribution in [-0.2, 0) is 9.59 Å². The molecule has 0 unspecified atom stereocenters. The lowest BCUT2D eigenvalue weighted by Gasteiger charge is -2.10. The molecule has 2 aromatic carbocycles. The maximum Gasteiger partial charge on any atom is 0.242 e. The zero-order valence-corrected chi connectivity index (χ0v) is 15.5. The number of nitrogens with one attached hydrogen (secondary N) is 5. The Labute approximate surface area is 165 Å². The molecule has 1 aromatic heterocycles. The Balaban J connectivity index is 1.49. The van der Waals surface area contributed by atoms with Crippen molar-refractivity contribution in [2.45, 2.75) is 6.42 Å². The summed E-state index contributed by atoms with van der Waals surface area (Å²) in [6, 6.07) is 14.5. The van der Waals surface area contributed by atoms with Crippen LogP contribution in [0.25, 0.3) is 5.69 Å². The van der Waals surface area contributed by atoms with Gasteiger partial charge >= 0.3 is 0 Å². The number of hydrogen-bond donors (Lipinski definition) is 5. The summed E-state index contributed by atoms with van der Waals surface area (Å²) < 4.78 is 1.84. The van der Waals surface area contributed by atoms with Crippen molar-refractivity contribution in [1.82, 2.24) is 25.6 Å². The molecule has 3 rings (SSSR count). The second-order valence-corrected chi connectivity index (χ2v) is 6.02. The van der Waals surface area contributed by atoms with Crippen molar-refractivity contribution in [3.8, 4) is 5.69 Å². The minimum atomic E-state index is -0.121. The first-order valence-electron chi connectivity index (χ1n) is 8.35. The highest BCUT2D eigenvalue weighted by atomic mass is 32.1. The summed E-state index contributed by atoms with van der Waals surface area (Å²) in [5.41, 5.74) is 8.07. The van der Waals surface area contributed by atoms with E-state index in [2.05, 4.69) is 37.0 Å². The maximum absolute atomic E-state index is 12.2. The molecule has 0 aliphatic carbocycles. The molecule has 1 heterocycles. The number of tetrazole rings is 1. The molecule has 0 fully saturated rings. The van der Waals surface area contributed by atoms with E-state index >= 15 is 0 Å². The first kappa shape index (κ1) is 19.0. The highest BCUT2D eigenvalue weighted by Crippen LogP contribution is 2.15. The molecule has 0 radical (unpaired) electrons. The number of H-pyrrole nitrogens is 1. The van der Waals surface area contributed by atoms with Gasteiger partial charge in [0.1, 0.15) is 0 Å². The minimum Gasteiger partial charge on any atom is -0.385 e. The molecule has 144 valence electrons. The van der Waals surface area contributed by atoms with Crippen LogP contribution in [0, 0.1) is 4.77 Å². The molecule has 3 aromatic rings. The van der Waals surface area contributed by atoms with Gasteiger partial charge in [-0.25, -0.2) is 4.68 Å². The molecule has 0 aliphatic rings. The van der Waals surface area contributed by atoms with Gasteiger partial charge in [-0.3, -0.25) is 20.4 Å². The second-order valence-electron chi connectivity index (χ2n) is 5.66. The Kier molecular flexibility index (Phi) is 6.31. The summed E-state index contributed by atoms with van der Waals surface area (Å²) in [6.45, 7) is 0.473. The third kappa shape index (κ3) is 5.14. The normalized spacial score (nSPS) is 10.1. The monoisotopic (exact) mass is 398 g/mol. The number of amides is 2. The largest absolute Gasteiger partial charge is 0.385 e. The van der Waals surface area contributed by atoms with Crippen LogP contribution < -0.4 is 21.5 Å². The van der Waals surface area contributed by atoms with Crippen molar-refractivity contribution < 1.29 is 9.59 Å². The molecule has 0 atom stereocenters. The highest BCUT2D eigenvalue weighted by Gasteiger charge is 2.05. The zero-order chi connectivity index (χ0) is 19.8. The van der Waals surface area contributed by atoms with Crippen LogP contribution in [0.5, 0.6) is 0 Å². The van der Waals surface area contributed by atoms with E-state index in [0.29, 0.717) is 29.8 Å².